The van der Waals surface area contributed by atoms with E-state index in [2.05, 4.69) is 20.7 Å². The monoisotopic (exact) mass is 753 g/mol. The molecule has 3 heterocycles. The van der Waals surface area contributed by atoms with Crippen LogP contribution in [-0.4, -0.2) is 90.8 Å². The third kappa shape index (κ3) is 8.12. The molecule has 3 aromatic rings. The van der Waals surface area contributed by atoms with Crippen molar-refractivity contribution >= 4 is 55.2 Å². The highest BCUT2D eigenvalue weighted by Crippen LogP contribution is 2.47. The fourth-order valence-electron chi connectivity index (χ4n) is 6.12. The van der Waals surface area contributed by atoms with Gasteiger partial charge in [-0.3, -0.25) is 14.3 Å². The smallest absolute Gasteiger partial charge is 0.317 e. The Morgan fingerprint density at radius 1 is 1.15 bits per heavy atom. The highest BCUT2D eigenvalue weighted by atomic mass is 32.2. The van der Waals surface area contributed by atoms with E-state index in [0.717, 1.165) is 24.4 Å². The molecule has 0 radical (unpaired) electrons. The van der Waals surface area contributed by atoms with E-state index in [0.29, 0.717) is 53.2 Å². The minimum atomic E-state index is -3.94. The number of rotatable bonds is 11. The first-order chi connectivity index (χ1) is 24.7. The summed E-state index contributed by atoms with van der Waals surface area (Å²) >= 11 is 1.47. The molecule has 2 aliphatic carbocycles. The van der Waals surface area contributed by atoms with Crippen LogP contribution in [0.25, 0.3) is 22.3 Å². The number of anilines is 1. The van der Waals surface area contributed by atoms with Crippen LogP contribution in [0.3, 0.4) is 0 Å². The fraction of sp³-hybridized carbons (Fsp3) is 0.528. The van der Waals surface area contributed by atoms with Crippen LogP contribution in [0, 0.1) is 5.92 Å². The molecule has 4 N–H and O–H groups in total. The second-order valence-electron chi connectivity index (χ2n) is 14.4. The SMILES string of the molecule is COc1ccc2c(OCC[C@@H]3NC(=O)N(C)CCCCC=C[C@@H]4C[C@@]4(C(=O)NS(=O)(=O)C4(C)CC4)NC3=O)cc(-c3csc(NC(C)C)n3)nc2c1. The lowest BCUT2D eigenvalue weighted by molar-refractivity contribution is -0.130. The van der Waals surface area contributed by atoms with E-state index in [1.165, 1.54) is 16.2 Å². The topological polar surface area (TPSA) is 181 Å². The molecule has 0 saturated heterocycles. The van der Waals surface area contributed by atoms with Crippen molar-refractivity contribution in [2.75, 3.05) is 32.6 Å². The molecule has 3 atom stereocenters. The van der Waals surface area contributed by atoms with Gasteiger partial charge in [-0.2, -0.15) is 0 Å². The molecule has 16 heteroatoms. The number of allylic oxidation sites excluding steroid dienone is 1. The van der Waals surface area contributed by atoms with Crippen LogP contribution in [0.2, 0.25) is 0 Å². The Kier molecular flexibility index (Phi) is 10.7. The van der Waals surface area contributed by atoms with Gasteiger partial charge in [0.25, 0.3) is 5.91 Å². The number of hydrogen-bond donors (Lipinski definition) is 4. The molecule has 2 aromatic heterocycles. The molecule has 0 spiro atoms. The Hall–Kier alpha value is -4.44. The van der Waals surface area contributed by atoms with E-state index in [1.807, 2.05) is 37.4 Å². The minimum absolute atomic E-state index is 0.0130. The molecule has 3 aliphatic rings. The summed E-state index contributed by atoms with van der Waals surface area (Å²) in [5, 5.41) is 12.4. The third-order valence-electron chi connectivity index (χ3n) is 9.86. The molecule has 14 nitrogen and oxygen atoms in total. The molecule has 52 heavy (non-hydrogen) atoms. The average molecular weight is 754 g/mol. The molecule has 280 valence electrons. The van der Waals surface area contributed by atoms with Crippen LogP contribution in [0.1, 0.15) is 65.7 Å². The number of ether oxygens (including phenoxy) is 2. The molecular formula is C36H47N7O7S2. The number of amides is 4. The van der Waals surface area contributed by atoms with Crippen molar-refractivity contribution < 1.29 is 32.3 Å². The Balaban J connectivity index is 1.25. The zero-order chi connectivity index (χ0) is 37.3. The predicted octanol–water partition coefficient (Wildman–Crippen LogP) is 4.58. The van der Waals surface area contributed by atoms with Gasteiger partial charge >= 0.3 is 6.03 Å². The van der Waals surface area contributed by atoms with Gasteiger partial charge in [0.05, 0.1) is 29.7 Å². The molecule has 2 fully saturated rings. The van der Waals surface area contributed by atoms with E-state index >= 15 is 0 Å². The first kappa shape index (κ1) is 37.3. The van der Waals surface area contributed by atoms with Gasteiger partial charge in [-0.1, -0.05) is 12.2 Å². The van der Waals surface area contributed by atoms with Crippen LogP contribution in [-0.2, 0) is 19.6 Å². The normalized spacial score (nSPS) is 23.2. The van der Waals surface area contributed by atoms with Crippen LogP contribution < -0.4 is 30.1 Å². The summed E-state index contributed by atoms with van der Waals surface area (Å²) < 4.78 is 39.1. The standard InChI is InChI=1S/C36H47N7O7S2/c1-22(2)37-33-39-29(21-51-33)28-19-30(25-12-11-24(49-5)18-27(25)38-28)50-17-13-26-31(44)41-36(32(45)42-52(47,48)35(3)14-15-35)20-23(36)10-8-6-7-9-16-43(4)34(46)40-26/h8,10-12,18-19,21-23,26H,6-7,9,13-17,20H2,1-5H3,(H,37,39)(H,40,46)(H,41,44)(H,42,45)/t23-,26+,36-/m1/s1. The Labute approximate surface area is 308 Å². The van der Waals surface area contributed by atoms with Crippen molar-refractivity contribution in [1.29, 1.82) is 0 Å². The van der Waals surface area contributed by atoms with Gasteiger partial charge in [0.15, 0.2) is 5.13 Å². The lowest BCUT2D eigenvalue weighted by Gasteiger charge is -2.26. The number of hydrogen-bond acceptors (Lipinski definition) is 11. The quantitative estimate of drug-likeness (QED) is 0.203. The Morgan fingerprint density at radius 3 is 2.67 bits per heavy atom. The maximum absolute atomic E-state index is 14.0. The third-order valence-corrected chi connectivity index (χ3v) is 12.8. The number of methoxy groups -OCH3 is 1. The fourth-order valence-corrected chi connectivity index (χ4v) is 8.28. The van der Waals surface area contributed by atoms with Crippen LogP contribution in [0.5, 0.6) is 11.5 Å². The van der Waals surface area contributed by atoms with E-state index in [1.54, 1.807) is 39.3 Å². The van der Waals surface area contributed by atoms with Crippen molar-refractivity contribution in [3.05, 3.63) is 41.8 Å². The number of carbonyl (C=O) groups excluding carboxylic acids is 3. The number of benzene rings is 1. The van der Waals surface area contributed by atoms with Crippen LogP contribution in [0.4, 0.5) is 9.93 Å². The predicted molar refractivity (Wildman–Crippen MR) is 200 cm³/mol. The van der Waals surface area contributed by atoms with E-state index in [4.69, 9.17) is 19.4 Å². The van der Waals surface area contributed by atoms with Crippen molar-refractivity contribution in [3.63, 3.8) is 0 Å². The molecule has 4 amide bonds. The highest BCUT2D eigenvalue weighted by Gasteiger charge is 2.62. The van der Waals surface area contributed by atoms with Gasteiger partial charge in [-0.25, -0.2) is 23.2 Å². The number of nitrogens with one attached hydrogen (secondary N) is 4. The van der Waals surface area contributed by atoms with Gasteiger partial charge in [-0.15, -0.1) is 11.3 Å². The van der Waals surface area contributed by atoms with Gasteiger partial charge in [0, 0.05) is 54.9 Å². The molecule has 1 aromatic carbocycles. The first-order valence-electron chi connectivity index (χ1n) is 17.6. The second kappa shape index (κ2) is 14.9. The Morgan fingerprint density at radius 2 is 1.94 bits per heavy atom. The van der Waals surface area contributed by atoms with E-state index < -0.39 is 50.1 Å². The summed E-state index contributed by atoms with van der Waals surface area (Å²) in [6.07, 6.45) is 7.34. The number of pyridine rings is 1. The molecule has 0 bridgehead atoms. The summed E-state index contributed by atoms with van der Waals surface area (Å²) in [7, 11) is -0.698. The van der Waals surface area contributed by atoms with Crippen molar-refractivity contribution in [2.24, 2.45) is 5.92 Å². The zero-order valence-electron chi connectivity index (χ0n) is 30.2. The number of thiazole rings is 1. The summed E-state index contributed by atoms with van der Waals surface area (Å²) in [4.78, 5) is 52.0. The van der Waals surface area contributed by atoms with Crippen LogP contribution in [0.15, 0.2) is 41.8 Å². The van der Waals surface area contributed by atoms with Crippen molar-refractivity contribution in [2.45, 2.75) is 88.1 Å². The first-order valence-corrected chi connectivity index (χ1v) is 20.0. The maximum atomic E-state index is 14.0. The molecular weight excluding hydrogens is 707 g/mol. The lowest BCUT2D eigenvalue weighted by atomic mass is 10.1. The summed E-state index contributed by atoms with van der Waals surface area (Å²) in [6.45, 7) is 6.18. The van der Waals surface area contributed by atoms with Crippen LogP contribution >= 0.6 is 11.3 Å². The molecule has 1 aliphatic heterocycles. The maximum Gasteiger partial charge on any atom is 0.317 e. The lowest BCUT2D eigenvalue weighted by Crippen LogP contribution is -2.58. The number of nitrogens with zero attached hydrogens (tertiary/aromatic N) is 3. The van der Waals surface area contributed by atoms with E-state index in [9.17, 15) is 22.8 Å². The van der Waals surface area contributed by atoms with Crippen molar-refractivity contribution in [3.8, 4) is 22.9 Å². The largest absolute Gasteiger partial charge is 0.497 e. The minimum Gasteiger partial charge on any atom is -0.497 e. The Bertz CT molecular complexity index is 1980. The van der Waals surface area contributed by atoms with Gasteiger partial charge < -0.3 is 30.3 Å². The number of urea groups is 1. The number of fused-ring (bicyclic) bond motifs is 2. The number of aromatic nitrogens is 2. The average Bonchev–Trinajstić information content (AvgIpc) is 3.97. The number of sulfonamides is 1. The van der Waals surface area contributed by atoms with Gasteiger partial charge in [-0.05, 0) is 71.4 Å². The summed E-state index contributed by atoms with van der Waals surface area (Å²) in [5.41, 5.74) is 0.417. The van der Waals surface area contributed by atoms with Gasteiger partial charge in [0.1, 0.15) is 28.8 Å². The molecule has 2 saturated carbocycles. The summed E-state index contributed by atoms with van der Waals surface area (Å²) in [5.74, 6) is -0.648. The summed E-state index contributed by atoms with van der Waals surface area (Å²) in [6, 6.07) is 5.92. The second-order valence-corrected chi connectivity index (χ2v) is 17.4. The molecule has 0 unspecified atom stereocenters. The number of carbonyl (C=O) groups is 3. The van der Waals surface area contributed by atoms with E-state index in [-0.39, 0.29) is 25.5 Å². The highest BCUT2D eigenvalue weighted by molar-refractivity contribution is 7.91. The zero-order valence-corrected chi connectivity index (χ0v) is 31.8. The molecule has 6 rings (SSSR count). The van der Waals surface area contributed by atoms with Crippen molar-refractivity contribution in [1.82, 2.24) is 30.2 Å². The van der Waals surface area contributed by atoms with Gasteiger partial charge in [0.2, 0.25) is 15.9 Å².